The maximum atomic E-state index is 12.6. The summed E-state index contributed by atoms with van der Waals surface area (Å²) in [5, 5.41) is 14.1. The molecule has 0 aliphatic heterocycles. The predicted molar refractivity (Wildman–Crippen MR) is 107 cm³/mol. The zero-order chi connectivity index (χ0) is 20.3. The highest BCUT2D eigenvalue weighted by Gasteiger charge is 2.18. The first-order valence-corrected chi connectivity index (χ1v) is 9.04. The van der Waals surface area contributed by atoms with Gasteiger partial charge in [-0.25, -0.2) is 4.98 Å². The van der Waals surface area contributed by atoms with Crippen molar-refractivity contribution in [3.63, 3.8) is 0 Å². The first kappa shape index (κ1) is 19.5. The standard InChI is InChI=1S/C18H15BrN4O5/c1-2-28-12-4-6-15(16(8-12)23(26)27)21-17(24)9-22-10-20-14-5-3-11(19)7-13(14)18(22)25/h3-8,10H,2,9H2,1H3,(H,21,24). The minimum atomic E-state index is -0.612. The van der Waals surface area contributed by atoms with Crippen molar-refractivity contribution < 1.29 is 14.5 Å². The summed E-state index contributed by atoms with van der Waals surface area (Å²) in [7, 11) is 0. The van der Waals surface area contributed by atoms with E-state index in [-0.39, 0.29) is 23.5 Å². The second kappa shape index (κ2) is 8.17. The molecule has 1 aromatic heterocycles. The number of nitro benzene ring substituents is 1. The van der Waals surface area contributed by atoms with Crippen molar-refractivity contribution in [2.24, 2.45) is 0 Å². The Bertz CT molecular complexity index is 1130. The van der Waals surface area contributed by atoms with Gasteiger partial charge in [0.2, 0.25) is 5.91 Å². The number of hydrogen-bond acceptors (Lipinski definition) is 6. The molecule has 0 unspecified atom stereocenters. The van der Waals surface area contributed by atoms with Crippen LogP contribution >= 0.6 is 15.9 Å². The monoisotopic (exact) mass is 446 g/mol. The number of nitrogens with one attached hydrogen (secondary N) is 1. The minimum Gasteiger partial charge on any atom is -0.494 e. The molecular formula is C18H15BrN4O5. The summed E-state index contributed by atoms with van der Waals surface area (Å²) < 4.78 is 7.10. The predicted octanol–water partition coefficient (Wildman–Crippen LogP) is 3.10. The van der Waals surface area contributed by atoms with Gasteiger partial charge in [-0.15, -0.1) is 0 Å². The first-order valence-electron chi connectivity index (χ1n) is 8.25. The van der Waals surface area contributed by atoms with E-state index in [0.717, 1.165) is 4.57 Å². The SMILES string of the molecule is CCOc1ccc(NC(=O)Cn2cnc3ccc(Br)cc3c2=O)c([N+](=O)[O-])c1. The number of nitro groups is 1. The molecule has 9 nitrogen and oxygen atoms in total. The number of hydrogen-bond donors (Lipinski definition) is 1. The quantitative estimate of drug-likeness (QED) is 0.459. The lowest BCUT2D eigenvalue weighted by Crippen LogP contribution is -2.28. The Hall–Kier alpha value is -3.27. The van der Waals surface area contributed by atoms with Gasteiger partial charge in [0.25, 0.3) is 11.2 Å². The summed E-state index contributed by atoms with van der Waals surface area (Å²) in [5.74, 6) is -0.266. The van der Waals surface area contributed by atoms with E-state index in [4.69, 9.17) is 4.74 Å². The van der Waals surface area contributed by atoms with Gasteiger partial charge in [-0.3, -0.25) is 24.3 Å². The zero-order valence-corrected chi connectivity index (χ0v) is 16.3. The third-order valence-corrected chi connectivity index (χ3v) is 4.34. The van der Waals surface area contributed by atoms with Crippen molar-refractivity contribution in [2.45, 2.75) is 13.5 Å². The lowest BCUT2D eigenvalue weighted by atomic mass is 10.2. The third kappa shape index (κ3) is 4.17. The molecule has 0 saturated heterocycles. The molecule has 3 rings (SSSR count). The lowest BCUT2D eigenvalue weighted by molar-refractivity contribution is -0.384. The largest absolute Gasteiger partial charge is 0.494 e. The number of benzene rings is 2. The molecule has 1 amide bonds. The van der Waals surface area contributed by atoms with Crippen LogP contribution in [-0.4, -0.2) is 27.0 Å². The van der Waals surface area contributed by atoms with Gasteiger partial charge in [0.15, 0.2) is 0 Å². The van der Waals surface area contributed by atoms with E-state index in [1.165, 1.54) is 24.5 Å². The zero-order valence-electron chi connectivity index (χ0n) is 14.7. The van der Waals surface area contributed by atoms with Crippen LogP contribution in [-0.2, 0) is 11.3 Å². The summed E-state index contributed by atoms with van der Waals surface area (Å²) in [6.45, 7) is 1.78. The molecular weight excluding hydrogens is 432 g/mol. The molecule has 0 radical (unpaired) electrons. The Morgan fingerprint density at radius 2 is 2.11 bits per heavy atom. The minimum absolute atomic E-state index is 0.0167. The highest BCUT2D eigenvalue weighted by atomic mass is 79.9. The Morgan fingerprint density at radius 3 is 2.82 bits per heavy atom. The third-order valence-electron chi connectivity index (χ3n) is 3.85. The highest BCUT2D eigenvalue weighted by Crippen LogP contribution is 2.29. The second-order valence-electron chi connectivity index (χ2n) is 5.76. The molecule has 3 aromatic rings. The highest BCUT2D eigenvalue weighted by molar-refractivity contribution is 9.10. The van der Waals surface area contributed by atoms with Gasteiger partial charge in [0, 0.05) is 4.47 Å². The number of nitrogens with zero attached hydrogens (tertiary/aromatic N) is 3. The maximum absolute atomic E-state index is 12.6. The average Bonchev–Trinajstić information content (AvgIpc) is 2.65. The Labute approximate surface area is 167 Å². The fraction of sp³-hybridized carbons (Fsp3) is 0.167. The van der Waals surface area contributed by atoms with Crippen molar-refractivity contribution in [1.29, 1.82) is 0 Å². The number of aromatic nitrogens is 2. The van der Waals surface area contributed by atoms with Crippen LogP contribution in [0.15, 0.2) is 52.0 Å². The van der Waals surface area contributed by atoms with Gasteiger partial charge >= 0.3 is 0 Å². The van der Waals surface area contributed by atoms with E-state index in [1.807, 2.05) is 0 Å². The van der Waals surface area contributed by atoms with Gasteiger partial charge in [0.1, 0.15) is 18.0 Å². The van der Waals surface area contributed by atoms with Gasteiger partial charge in [0.05, 0.1) is 34.8 Å². The van der Waals surface area contributed by atoms with E-state index in [0.29, 0.717) is 27.7 Å². The number of halogens is 1. The lowest BCUT2D eigenvalue weighted by Gasteiger charge is -2.10. The van der Waals surface area contributed by atoms with Gasteiger partial charge in [-0.1, -0.05) is 15.9 Å². The summed E-state index contributed by atoms with van der Waals surface area (Å²) in [6.07, 6.45) is 1.27. The number of rotatable bonds is 6. The van der Waals surface area contributed by atoms with E-state index < -0.39 is 10.8 Å². The van der Waals surface area contributed by atoms with Crippen LogP contribution in [0.3, 0.4) is 0 Å². The summed E-state index contributed by atoms with van der Waals surface area (Å²) in [4.78, 5) is 39.7. The van der Waals surface area contributed by atoms with Crippen molar-refractivity contribution >= 4 is 44.1 Å². The number of amides is 1. The van der Waals surface area contributed by atoms with Crippen LogP contribution < -0.4 is 15.6 Å². The number of carbonyl (C=O) groups is 1. The number of carbonyl (C=O) groups excluding carboxylic acids is 1. The molecule has 1 heterocycles. The van der Waals surface area contributed by atoms with Crippen LogP contribution in [0.25, 0.3) is 10.9 Å². The number of fused-ring (bicyclic) bond motifs is 1. The molecule has 0 bridgehead atoms. The van der Waals surface area contributed by atoms with Gasteiger partial charge < -0.3 is 10.1 Å². The summed E-state index contributed by atoms with van der Waals surface area (Å²) in [6, 6.07) is 9.22. The van der Waals surface area contributed by atoms with Crippen molar-refractivity contribution in [3.8, 4) is 5.75 Å². The van der Waals surface area contributed by atoms with Gasteiger partial charge in [-0.05, 0) is 37.3 Å². The molecule has 10 heteroatoms. The van der Waals surface area contributed by atoms with Crippen LogP contribution in [0.5, 0.6) is 5.75 Å². The average molecular weight is 447 g/mol. The van der Waals surface area contributed by atoms with Crippen LogP contribution in [0.4, 0.5) is 11.4 Å². The van der Waals surface area contributed by atoms with E-state index >= 15 is 0 Å². The molecule has 28 heavy (non-hydrogen) atoms. The molecule has 0 fully saturated rings. The molecule has 144 valence electrons. The molecule has 0 atom stereocenters. The smallest absolute Gasteiger partial charge is 0.296 e. The van der Waals surface area contributed by atoms with Crippen molar-refractivity contribution in [3.05, 3.63) is 67.7 Å². The molecule has 0 saturated carbocycles. The van der Waals surface area contributed by atoms with Crippen LogP contribution in [0, 0.1) is 10.1 Å². The number of ether oxygens (including phenoxy) is 1. The molecule has 1 N–H and O–H groups in total. The Balaban J connectivity index is 1.85. The van der Waals surface area contributed by atoms with Gasteiger partial charge in [-0.2, -0.15) is 0 Å². The van der Waals surface area contributed by atoms with E-state index in [9.17, 15) is 19.7 Å². The Morgan fingerprint density at radius 1 is 1.32 bits per heavy atom. The Kier molecular flexibility index (Phi) is 5.69. The fourth-order valence-electron chi connectivity index (χ4n) is 2.61. The normalized spacial score (nSPS) is 10.6. The van der Waals surface area contributed by atoms with Crippen molar-refractivity contribution in [2.75, 3.05) is 11.9 Å². The van der Waals surface area contributed by atoms with E-state index in [2.05, 4.69) is 26.2 Å². The topological polar surface area (TPSA) is 116 Å². The molecule has 2 aromatic carbocycles. The van der Waals surface area contributed by atoms with E-state index in [1.54, 1.807) is 25.1 Å². The molecule has 0 spiro atoms. The van der Waals surface area contributed by atoms with Crippen LogP contribution in [0.1, 0.15) is 6.92 Å². The summed E-state index contributed by atoms with van der Waals surface area (Å²) in [5.41, 5.74) is -0.162. The molecule has 0 aliphatic rings. The maximum Gasteiger partial charge on any atom is 0.296 e. The molecule has 0 aliphatic carbocycles. The number of anilines is 1. The second-order valence-corrected chi connectivity index (χ2v) is 6.67. The fourth-order valence-corrected chi connectivity index (χ4v) is 2.97. The first-order chi connectivity index (χ1) is 13.4. The van der Waals surface area contributed by atoms with Crippen molar-refractivity contribution in [1.82, 2.24) is 9.55 Å². The summed E-state index contributed by atoms with van der Waals surface area (Å²) >= 11 is 3.30. The van der Waals surface area contributed by atoms with Crippen LogP contribution in [0.2, 0.25) is 0 Å².